The maximum Gasteiger partial charge on any atom is 0.225 e. The first-order valence-electron chi connectivity index (χ1n) is 8.54. The Morgan fingerprint density at radius 1 is 1.04 bits per heavy atom. The minimum absolute atomic E-state index is 0.468. The van der Waals surface area contributed by atoms with Gasteiger partial charge in [0, 0.05) is 49.3 Å². The van der Waals surface area contributed by atoms with Crippen LogP contribution in [-0.2, 0) is 6.54 Å². The summed E-state index contributed by atoms with van der Waals surface area (Å²) in [6.45, 7) is 6.82. The maximum absolute atomic E-state index is 4.64. The standard InChI is InChI=1S/C18H26N6/c1-13-11-14(2)22-18(21-13)24-9-5-15(6-10-24)17-16(12-23(3)4)19-7-8-20-17/h7-8,11,15H,5-6,9-10,12H2,1-4H3. The van der Waals surface area contributed by atoms with Crippen molar-refractivity contribution in [1.82, 2.24) is 24.8 Å². The van der Waals surface area contributed by atoms with Gasteiger partial charge in [-0.25, -0.2) is 9.97 Å². The molecule has 1 aliphatic rings. The zero-order chi connectivity index (χ0) is 17.1. The van der Waals surface area contributed by atoms with Crippen molar-refractivity contribution in [2.75, 3.05) is 32.1 Å². The van der Waals surface area contributed by atoms with Gasteiger partial charge >= 0.3 is 0 Å². The molecule has 0 radical (unpaired) electrons. The average Bonchev–Trinajstić information content (AvgIpc) is 2.54. The first-order chi connectivity index (χ1) is 11.5. The van der Waals surface area contributed by atoms with E-state index in [0.717, 1.165) is 61.2 Å². The molecular weight excluding hydrogens is 300 g/mol. The Labute approximate surface area is 144 Å². The smallest absolute Gasteiger partial charge is 0.225 e. The minimum atomic E-state index is 0.468. The topological polar surface area (TPSA) is 58.0 Å². The summed E-state index contributed by atoms with van der Waals surface area (Å²) in [5, 5.41) is 0. The van der Waals surface area contributed by atoms with Crippen LogP contribution in [0, 0.1) is 13.8 Å². The Balaban J connectivity index is 1.71. The van der Waals surface area contributed by atoms with Gasteiger partial charge in [-0.1, -0.05) is 0 Å². The van der Waals surface area contributed by atoms with Crippen LogP contribution < -0.4 is 4.90 Å². The van der Waals surface area contributed by atoms with E-state index in [9.17, 15) is 0 Å². The van der Waals surface area contributed by atoms with Gasteiger partial charge in [0.2, 0.25) is 5.95 Å². The molecule has 1 fully saturated rings. The fraction of sp³-hybridized carbons (Fsp3) is 0.556. The Bertz CT molecular complexity index is 671. The lowest BCUT2D eigenvalue weighted by atomic mass is 9.92. The van der Waals surface area contributed by atoms with E-state index in [-0.39, 0.29) is 0 Å². The molecule has 3 heterocycles. The van der Waals surface area contributed by atoms with Crippen LogP contribution in [0.1, 0.15) is 41.5 Å². The van der Waals surface area contributed by atoms with Crippen molar-refractivity contribution in [1.29, 1.82) is 0 Å². The lowest BCUT2D eigenvalue weighted by Crippen LogP contribution is -2.35. The fourth-order valence-electron chi connectivity index (χ4n) is 3.34. The predicted octanol–water partition coefficient (Wildman–Crippen LogP) is 2.33. The molecule has 0 spiro atoms. The molecule has 6 nitrogen and oxygen atoms in total. The number of anilines is 1. The normalized spacial score (nSPS) is 16.0. The molecule has 128 valence electrons. The number of hydrogen-bond donors (Lipinski definition) is 0. The highest BCUT2D eigenvalue weighted by Crippen LogP contribution is 2.30. The molecule has 0 amide bonds. The average molecular weight is 326 g/mol. The molecule has 6 heteroatoms. The third-order valence-electron chi connectivity index (χ3n) is 4.41. The largest absolute Gasteiger partial charge is 0.341 e. The number of nitrogens with zero attached hydrogens (tertiary/aromatic N) is 6. The second kappa shape index (κ2) is 7.21. The van der Waals surface area contributed by atoms with Gasteiger partial charge in [-0.3, -0.25) is 9.97 Å². The van der Waals surface area contributed by atoms with Gasteiger partial charge in [0.1, 0.15) is 0 Å². The van der Waals surface area contributed by atoms with Gasteiger partial charge in [-0.2, -0.15) is 0 Å². The Kier molecular flexibility index (Phi) is 5.04. The van der Waals surface area contributed by atoms with Gasteiger partial charge in [0.25, 0.3) is 0 Å². The van der Waals surface area contributed by atoms with Crippen LogP contribution in [0.25, 0.3) is 0 Å². The van der Waals surface area contributed by atoms with Crippen LogP contribution in [0.5, 0.6) is 0 Å². The molecule has 0 atom stereocenters. The highest BCUT2D eigenvalue weighted by Gasteiger charge is 2.25. The molecule has 0 bridgehead atoms. The second-order valence-electron chi connectivity index (χ2n) is 6.84. The van der Waals surface area contributed by atoms with Crippen molar-refractivity contribution < 1.29 is 0 Å². The number of aromatic nitrogens is 4. The van der Waals surface area contributed by atoms with Crippen molar-refractivity contribution in [2.45, 2.75) is 39.2 Å². The summed E-state index contributed by atoms with van der Waals surface area (Å²) in [7, 11) is 4.14. The summed E-state index contributed by atoms with van der Waals surface area (Å²) < 4.78 is 0. The van der Waals surface area contributed by atoms with E-state index in [4.69, 9.17) is 0 Å². The third kappa shape index (κ3) is 3.87. The Morgan fingerprint density at radius 2 is 1.67 bits per heavy atom. The van der Waals surface area contributed by atoms with E-state index in [2.05, 4.69) is 43.8 Å². The molecule has 0 unspecified atom stereocenters. The van der Waals surface area contributed by atoms with Gasteiger partial charge in [-0.15, -0.1) is 0 Å². The number of piperidine rings is 1. The summed E-state index contributed by atoms with van der Waals surface area (Å²) in [4.78, 5) is 22.8. The van der Waals surface area contributed by atoms with Crippen LogP contribution in [0.4, 0.5) is 5.95 Å². The summed E-state index contributed by atoms with van der Waals surface area (Å²) >= 11 is 0. The molecule has 0 saturated carbocycles. The summed E-state index contributed by atoms with van der Waals surface area (Å²) in [6.07, 6.45) is 5.74. The third-order valence-corrected chi connectivity index (χ3v) is 4.41. The summed E-state index contributed by atoms with van der Waals surface area (Å²) in [6, 6.07) is 2.02. The van der Waals surface area contributed by atoms with E-state index < -0.39 is 0 Å². The van der Waals surface area contributed by atoms with Crippen LogP contribution >= 0.6 is 0 Å². The minimum Gasteiger partial charge on any atom is -0.341 e. The lowest BCUT2D eigenvalue weighted by molar-refractivity contribution is 0.388. The van der Waals surface area contributed by atoms with Crippen LogP contribution in [0.15, 0.2) is 18.5 Å². The number of rotatable bonds is 4. The van der Waals surface area contributed by atoms with E-state index in [1.54, 1.807) is 6.20 Å². The second-order valence-corrected chi connectivity index (χ2v) is 6.84. The molecule has 1 saturated heterocycles. The SMILES string of the molecule is Cc1cc(C)nc(N2CCC(c3nccnc3CN(C)C)CC2)n1. The Hall–Kier alpha value is -2.08. The molecule has 3 rings (SSSR count). The molecule has 0 aromatic carbocycles. The van der Waals surface area contributed by atoms with Crippen molar-refractivity contribution >= 4 is 5.95 Å². The van der Waals surface area contributed by atoms with E-state index in [1.165, 1.54) is 0 Å². The van der Waals surface area contributed by atoms with Crippen molar-refractivity contribution in [3.63, 3.8) is 0 Å². The highest BCUT2D eigenvalue weighted by molar-refractivity contribution is 5.33. The monoisotopic (exact) mass is 326 g/mol. The maximum atomic E-state index is 4.64. The van der Waals surface area contributed by atoms with Crippen LogP contribution in [-0.4, -0.2) is 52.0 Å². The first kappa shape index (κ1) is 16.8. The highest BCUT2D eigenvalue weighted by atomic mass is 15.3. The van der Waals surface area contributed by atoms with E-state index in [0.29, 0.717) is 5.92 Å². The molecule has 0 aliphatic carbocycles. The molecule has 2 aromatic rings. The van der Waals surface area contributed by atoms with Crippen molar-refractivity contribution in [3.05, 3.63) is 41.2 Å². The zero-order valence-electron chi connectivity index (χ0n) is 15.0. The Morgan fingerprint density at radius 3 is 2.29 bits per heavy atom. The van der Waals surface area contributed by atoms with E-state index in [1.807, 2.05) is 26.1 Å². The van der Waals surface area contributed by atoms with Gasteiger partial charge in [0.15, 0.2) is 0 Å². The first-order valence-corrected chi connectivity index (χ1v) is 8.54. The molecular formula is C18H26N6. The molecule has 0 N–H and O–H groups in total. The summed E-state index contributed by atoms with van der Waals surface area (Å²) in [5.41, 5.74) is 4.32. The molecule has 1 aliphatic heterocycles. The predicted molar refractivity (Wildman–Crippen MR) is 95.1 cm³/mol. The number of hydrogen-bond acceptors (Lipinski definition) is 6. The van der Waals surface area contributed by atoms with Crippen molar-refractivity contribution in [3.8, 4) is 0 Å². The van der Waals surface area contributed by atoms with Gasteiger partial charge in [0.05, 0.1) is 11.4 Å². The van der Waals surface area contributed by atoms with Crippen LogP contribution in [0.2, 0.25) is 0 Å². The zero-order valence-corrected chi connectivity index (χ0v) is 15.0. The number of aryl methyl sites for hydroxylation is 2. The quantitative estimate of drug-likeness (QED) is 0.859. The lowest BCUT2D eigenvalue weighted by Gasteiger charge is -2.32. The van der Waals surface area contributed by atoms with Crippen LogP contribution in [0.3, 0.4) is 0 Å². The molecule has 24 heavy (non-hydrogen) atoms. The van der Waals surface area contributed by atoms with Gasteiger partial charge in [-0.05, 0) is 46.9 Å². The van der Waals surface area contributed by atoms with Gasteiger partial charge < -0.3 is 9.80 Å². The molecule has 2 aromatic heterocycles. The fourth-order valence-corrected chi connectivity index (χ4v) is 3.34. The summed E-state index contributed by atoms with van der Waals surface area (Å²) in [5.74, 6) is 1.33. The van der Waals surface area contributed by atoms with E-state index >= 15 is 0 Å². The van der Waals surface area contributed by atoms with Crippen molar-refractivity contribution in [2.24, 2.45) is 0 Å².